The van der Waals surface area contributed by atoms with Crippen molar-refractivity contribution in [1.29, 1.82) is 0 Å². The van der Waals surface area contributed by atoms with E-state index in [4.69, 9.17) is 0 Å². The molecule has 0 saturated heterocycles. The highest BCUT2D eigenvalue weighted by Crippen LogP contribution is 2.21. The van der Waals surface area contributed by atoms with Crippen LogP contribution in [-0.4, -0.2) is 10.1 Å². The lowest BCUT2D eigenvalue weighted by atomic mass is 9.90. The van der Waals surface area contributed by atoms with Crippen LogP contribution in [0, 0.1) is 0 Å². The Morgan fingerprint density at radius 3 is 2.64 bits per heavy atom. The highest BCUT2D eigenvalue weighted by atomic mass is 15.3. The van der Waals surface area contributed by atoms with E-state index in [2.05, 4.69) is 30.9 Å². The molecule has 0 aromatic carbocycles. The number of nitrogens with one attached hydrogen (secondary N) is 1. The van der Waals surface area contributed by atoms with Crippen LogP contribution in [0.2, 0.25) is 0 Å². The van der Waals surface area contributed by atoms with Crippen LogP contribution in [-0.2, 0) is 12.5 Å². The predicted molar refractivity (Wildman–Crippen MR) is 43.1 cm³/mol. The van der Waals surface area contributed by atoms with E-state index in [1.165, 1.54) is 0 Å². The topological polar surface area (TPSA) is 32.6 Å². The molecule has 0 spiro atoms. The first-order valence-electron chi connectivity index (χ1n) is 3.97. The van der Waals surface area contributed by atoms with Crippen molar-refractivity contribution in [3.8, 4) is 0 Å². The van der Waals surface area contributed by atoms with Gasteiger partial charge in [0.25, 0.3) is 5.82 Å². The lowest BCUT2D eigenvalue weighted by molar-refractivity contribution is -0.728. The first kappa shape index (κ1) is 8.24. The van der Waals surface area contributed by atoms with Gasteiger partial charge in [0.15, 0.2) is 0 Å². The van der Waals surface area contributed by atoms with Crippen LogP contribution in [0.1, 0.15) is 33.0 Å². The molecule has 1 aromatic heterocycles. The molecule has 3 nitrogen and oxygen atoms in total. The number of aromatic nitrogens is 3. The summed E-state index contributed by atoms with van der Waals surface area (Å²) in [7, 11) is 1.95. The van der Waals surface area contributed by atoms with Crippen molar-refractivity contribution in [2.45, 2.75) is 32.6 Å². The van der Waals surface area contributed by atoms with Crippen LogP contribution in [0.15, 0.2) is 6.33 Å². The smallest absolute Gasteiger partial charge is 0.191 e. The fourth-order valence-corrected chi connectivity index (χ4v) is 0.863. The molecule has 0 bridgehead atoms. The van der Waals surface area contributed by atoms with Gasteiger partial charge in [-0.1, -0.05) is 20.8 Å². The summed E-state index contributed by atoms with van der Waals surface area (Å²) in [5.41, 5.74) is 0.168. The Balaban J connectivity index is 2.92. The zero-order valence-electron chi connectivity index (χ0n) is 7.68. The van der Waals surface area contributed by atoms with Crippen LogP contribution in [0.25, 0.3) is 0 Å². The van der Waals surface area contributed by atoms with Crippen molar-refractivity contribution in [2.24, 2.45) is 7.05 Å². The highest BCUT2D eigenvalue weighted by molar-refractivity contribution is 4.98. The SMILES string of the molecule is CCC(C)(C)c1nc[n+](C)[nH]1. The molecule has 0 aliphatic rings. The lowest BCUT2D eigenvalue weighted by Gasteiger charge is -2.14. The highest BCUT2D eigenvalue weighted by Gasteiger charge is 2.26. The summed E-state index contributed by atoms with van der Waals surface area (Å²) in [6.45, 7) is 6.54. The average molecular weight is 154 g/mol. The molecule has 1 aromatic rings. The molecule has 62 valence electrons. The lowest BCUT2D eigenvalue weighted by Crippen LogP contribution is -2.30. The molecule has 1 rings (SSSR count). The molecule has 0 radical (unpaired) electrons. The Kier molecular flexibility index (Phi) is 1.98. The number of rotatable bonds is 2. The Bertz CT molecular complexity index is 237. The normalized spacial score (nSPS) is 12.0. The van der Waals surface area contributed by atoms with Crippen molar-refractivity contribution < 1.29 is 4.68 Å². The predicted octanol–water partition coefficient (Wildman–Crippen LogP) is 0.922. The Labute approximate surface area is 67.4 Å². The van der Waals surface area contributed by atoms with E-state index in [1.807, 2.05) is 11.7 Å². The van der Waals surface area contributed by atoms with Crippen molar-refractivity contribution in [1.82, 2.24) is 10.1 Å². The molecule has 0 saturated carbocycles. The number of H-pyrrole nitrogens is 1. The van der Waals surface area contributed by atoms with Gasteiger partial charge in [-0.3, -0.25) is 0 Å². The second kappa shape index (κ2) is 2.64. The van der Waals surface area contributed by atoms with Crippen molar-refractivity contribution >= 4 is 0 Å². The number of aromatic amines is 1. The van der Waals surface area contributed by atoms with Crippen LogP contribution in [0.3, 0.4) is 0 Å². The van der Waals surface area contributed by atoms with Crippen LogP contribution in [0.4, 0.5) is 0 Å². The van der Waals surface area contributed by atoms with E-state index in [1.54, 1.807) is 6.33 Å². The summed E-state index contributed by atoms with van der Waals surface area (Å²) in [6, 6.07) is 0. The maximum absolute atomic E-state index is 4.27. The van der Waals surface area contributed by atoms with Gasteiger partial charge in [-0.25, -0.2) is 0 Å². The minimum atomic E-state index is 0.168. The number of hydrogen-bond donors (Lipinski definition) is 1. The molecular weight excluding hydrogens is 138 g/mol. The summed E-state index contributed by atoms with van der Waals surface area (Å²) < 4.78 is 1.87. The summed E-state index contributed by atoms with van der Waals surface area (Å²) >= 11 is 0. The van der Waals surface area contributed by atoms with Crippen molar-refractivity contribution in [3.05, 3.63) is 12.2 Å². The first-order valence-corrected chi connectivity index (χ1v) is 3.97. The van der Waals surface area contributed by atoms with Gasteiger partial charge in [0.1, 0.15) is 7.05 Å². The second-order valence-corrected chi connectivity index (χ2v) is 3.55. The zero-order chi connectivity index (χ0) is 8.48. The molecule has 0 atom stereocenters. The molecule has 1 N–H and O–H groups in total. The van der Waals surface area contributed by atoms with Gasteiger partial charge in [0.2, 0.25) is 0 Å². The standard InChI is InChI=1S/C8H15N3/c1-5-8(2,3)7-9-6-11(4)10-7/h6H,5H2,1-4H3/p+1. The van der Waals surface area contributed by atoms with Gasteiger partial charge in [0, 0.05) is 0 Å². The van der Waals surface area contributed by atoms with Gasteiger partial charge in [-0.15, -0.1) is 0 Å². The van der Waals surface area contributed by atoms with Gasteiger partial charge in [0.05, 0.1) is 5.41 Å². The Morgan fingerprint density at radius 2 is 2.27 bits per heavy atom. The number of aryl methyl sites for hydroxylation is 1. The largest absolute Gasteiger partial charge is 0.306 e. The zero-order valence-corrected chi connectivity index (χ0v) is 7.68. The second-order valence-electron chi connectivity index (χ2n) is 3.55. The van der Waals surface area contributed by atoms with Gasteiger partial charge < -0.3 is 0 Å². The Morgan fingerprint density at radius 1 is 1.64 bits per heavy atom. The molecular formula is C8H16N3+. The Hall–Kier alpha value is -0.860. The molecule has 0 aliphatic carbocycles. The summed E-state index contributed by atoms with van der Waals surface area (Å²) in [6.07, 6.45) is 2.90. The number of hydrogen-bond acceptors (Lipinski definition) is 1. The third-order valence-corrected chi connectivity index (χ3v) is 2.17. The van der Waals surface area contributed by atoms with E-state index in [-0.39, 0.29) is 5.41 Å². The monoisotopic (exact) mass is 154 g/mol. The van der Waals surface area contributed by atoms with Gasteiger partial charge >= 0.3 is 6.33 Å². The molecule has 1 heterocycles. The maximum Gasteiger partial charge on any atom is 0.306 e. The van der Waals surface area contributed by atoms with Gasteiger partial charge in [-0.2, -0.15) is 9.78 Å². The minimum absolute atomic E-state index is 0.168. The maximum atomic E-state index is 4.27. The van der Waals surface area contributed by atoms with Crippen LogP contribution >= 0.6 is 0 Å². The minimum Gasteiger partial charge on any atom is -0.191 e. The molecule has 0 amide bonds. The summed E-state index contributed by atoms with van der Waals surface area (Å²) in [5, 5.41) is 3.17. The van der Waals surface area contributed by atoms with Gasteiger partial charge in [-0.05, 0) is 11.4 Å². The van der Waals surface area contributed by atoms with E-state index in [9.17, 15) is 0 Å². The quantitative estimate of drug-likeness (QED) is 0.631. The molecule has 0 aliphatic heterocycles. The first-order chi connectivity index (χ1) is 5.06. The fourth-order valence-electron chi connectivity index (χ4n) is 0.863. The fraction of sp³-hybridized carbons (Fsp3) is 0.750. The molecule has 3 heteroatoms. The van der Waals surface area contributed by atoms with Crippen molar-refractivity contribution in [2.75, 3.05) is 0 Å². The van der Waals surface area contributed by atoms with Crippen molar-refractivity contribution in [3.63, 3.8) is 0 Å². The van der Waals surface area contributed by atoms with E-state index in [0.717, 1.165) is 12.2 Å². The summed E-state index contributed by atoms with van der Waals surface area (Å²) in [4.78, 5) is 4.27. The average Bonchev–Trinajstić information content (AvgIpc) is 2.36. The van der Waals surface area contributed by atoms with E-state index < -0.39 is 0 Å². The third kappa shape index (κ3) is 1.59. The molecule has 0 unspecified atom stereocenters. The third-order valence-electron chi connectivity index (χ3n) is 2.17. The van der Waals surface area contributed by atoms with Crippen LogP contribution in [0.5, 0.6) is 0 Å². The van der Waals surface area contributed by atoms with Crippen LogP contribution < -0.4 is 4.68 Å². The van der Waals surface area contributed by atoms with E-state index >= 15 is 0 Å². The number of nitrogens with zero attached hydrogens (tertiary/aromatic N) is 2. The van der Waals surface area contributed by atoms with E-state index in [0.29, 0.717) is 0 Å². The molecule has 11 heavy (non-hydrogen) atoms. The summed E-state index contributed by atoms with van der Waals surface area (Å²) in [5.74, 6) is 1.06. The molecule has 0 fully saturated rings.